The van der Waals surface area contributed by atoms with E-state index < -0.39 is 12.1 Å². The molecule has 102 valence electrons. The highest BCUT2D eigenvalue weighted by molar-refractivity contribution is 5.87. The fourth-order valence-electron chi connectivity index (χ4n) is 1.28. The molecular weight excluding hydrogens is 240 g/mol. The van der Waals surface area contributed by atoms with Crippen molar-refractivity contribution < 1.29 is 23.8 Å². The van der Waals surface area contributed by atoms with Gasteiger partial charge >= 0.3 is 5.97 Å². The van der Waals surface area contributed by atoms with Gasteiger partial charge in [-0.1, -0.05) is 0 Å². The summed E-state index contributed by atoms with van der Waals surface area (Å²) in [4.78, 5) is 15.2. The van der Waals surface area contributed by atoms with Gasteiger partial charge in [-0.3, -0.25) is 0 Å². The Morgan fingerprint density at radius 2 is 2.44 bits per heavy atom. The minimum Gasteiger partial charge on any atom is -0.461 e. The molecule has 7 nitrogen and oxygen atoms in total. The lowest BCUT2D eigenvalue weighted by molar-refractivity contribution is 0.0519. The van der Waals surface area contributed by atoms with E-state index in [0.29, 0.717) is 13.0 Å². The van der Waals surface area contributed by atoms with Gasteiger partial charge in [0.15, 0.2) is 5.69 Å². The van der Waals surface area contributed by atoms with E-state index >= 15 is 0 Å². The van der Waals surface area contributed by atoms with Crippen molar-refractivity contribution in [2.75, 3.05) is 32.2 Å². The number of aliphatic hydroxyl groups is 1. The largest absolute Gasteiger partial charge is 0.461 e. The van der Waals surface area contributed by atoms with E-state index in [1.165, 1.54) is 13.4 Å². The van der Waals surface area contributed by atoms with E-state index in [2.05, 4.69) is 10.3 Å². The van der Waals surface area contributed by atoms with Gasteiger partial charge in [0.2, 0.25) is 0 Å². The molecule has 1 aromatic rings. The van der Waals surface area contributed by atoms with Crippen LogP contribution < -0.4 is 5.32 Å². The van der Waals surface area contributed by atoms with Crippen molar-refractivity contribution in [1.29, 1.82) is 0 Å². The Balaban J connectivity index is 2.33. The number of carbonyl (C=O) groups excluding carboxylic acids is 1. The molecule has 0 bridgehead atoms. The number of anilines is 1. The maximum atomic E-state index is 11.3. The molecule has 1 heterocycles. The van der Waals surface area contributed by atoms with Gasteiger partial charge in [0, 0.05) is 13.7 Å². The topological polar surface area (TPSA) is 93.8 Å². The van der Waals surface area contributed by atoms with E-state index in [-0.39, 0.29) is 24.9 Å². The van der Waals surface area contributed by atoms with Crippen LogP contribution in [0.5, 0.6) is 0 Å². The van der Waals surface area contributed by atoms with Crippen molar-refractivity contribution in [3.63, 3.8) is 0 Å². The molecule has 0 aliphatic rings. The number of nitrogens with zero attached hydrogens (tertiary/aromatic N) is 1. The highest BCUT2D eigenvalue weighted by atomic mass is 16.5. The quantitative estimate of drug-likeness (QED) is 0.661. The Morgan fingerprint density at radius 1 is 1.67 bits per heavy atom. The number of hydrogen-bond donors (Lipinski definition) is 2. The molecule has 7 heteroatoms. The first-order valence-corrected chi connectivity index (χ1v) is 5.70. The molecule has 0 aliphatic carbocycles. The van der Waals surface area contributed by atoms with Crippen LogP contribution in [0.3, 0.4) is 0 Å². The van der Waals surface area contributed by atoms with Gasteiger partial charge in [0.1, 0.15) is 6.26 Å². The molecule has 1 rings (SSSR count). The molecule has 0 amide bonds. The zero-order valence-corrected chi connectivity index (χ0v) is 10.5. The van der Waals surface area contributed by atoms with Crippen LogP contribution in [0.15, 0.2) is 10.7 Å². The number of methoxy groups -OCH3 is 1. The highest BCUT2D eigenvalue weighted by Gasteiger charge is 2.13. The second-order valence-electron chi connectivity index (χ2n) is 3.58. The minimum absolute atomic E-state index is 0.122. The number of ether oxygens (including phenoxy) is 2. The van der Waals surface area contributed by atoms with Gasteiger partial charge in [-0.2, -0.15) is 4.98 Å². The van der Waals surface area contributed by atoms with Crippen LogP contribution in [0.25, 0.3) is 0 Å². The number of nitrogens with one attached hydrogen (secondary N) is 1. The van der Waals surface area contributed by atoms with E-state index in [1.807, 2.05) is 0 Å². The third-order valence-corrected chi connectivity index (χ3v) is 2.10. The number of carbonyl (C=O) groups is 1. The first-order valence-electron chi connectivity index (χ1n) is 5.70. The summed E-state index contributed by atoms with van der Waals surface area (Å²) in [5.41, 5.74) is 0.122. The summed E-state index contributed by atoms with van der Waals surface area (Å²) in [6.45, 7) is 2.75. The van der Waals surface area contributed by atoms with E-state index in [9.17, 15) is 9.90 Å². The summed E-state index contributed by atoms with van der Waals surface area (Å²) in [6.07, 6.45) is 1.18. The van der Waals surface area contributed by atoms with Crippen molar-refractivity contribution in [2.24, 2.45) is 0 Å². The summed E-state index contributed by atoms with van der Waals surface area (Å²) in [5.74, 6) is -0.520. The molecule has 1 atom stereocenters. The Kier molecular flexibility index (Phi) is 6.16. The molecule has 0 radical (unpaired) electrons. The summed E-state index contributed by atoms with van der Waals surface area (Å²) in [7, 11) is 1.52. The molecule has 0 saturated heterocycles. The number of aliphatic hydroxyl groups excluding tert-OH is 1. The molecule has 1 aromatic heterocycles. The second kappa shape index (κ2) is 7.67. The molecule has 0 spiro atoms. The highest BCUT2D eigenvalue weighted by Crippen LogP contribution is 2.08. The fourth-order valence-corrected chi connectivity index (χ4v) is 1.28. The van der Waals surface area contributed by atoms with Crippen LogP contribution in [-0.2, 0) is 9.47 Å². The Hall–Kier alpha value is -1.60. The average molecular weight is 258 g/mol. The number of esters is 1. The lowest BCUT2D eigenvalue weighted by atomic mass is 10.3. The van der Waals surface area contributed by atoms with Gasteiger partial charge in [-0.05, 0) is 13.3 Å². The third kappa shape index (κ3) is 4.72. The maximum absolute atomic E-state index is 11.3. The van der Waals surface area contributed by atoms with Crippen LogP contribution >= 0.6 is 0 Å². The van der Waals surface area contributed by atoms with Gasteiger partial charge in [0.25, 0.3) is 6.01 Å². The van der Waals surface area contributed by atoms with E-state index in [4.69, 9.17) is 13.9 Å². The number of oxazole rings is 1. The van der Waals surface area contributed by atoms with Crippen LogP contribution in [0.4, 0.5) is 6.01 Å². The summed E-state index contributed by atoms with van der Waals surface area (Å²) in [5, 5.41) is 12.3. The molecule has 0 saturated carbocycles. The van der Waals surface area contributed by atoms with Gasteiger partial charge in [-0.15, -0.1) is 0 Å². The lowest BCUT2D eigenvalue weighted by Gasteiger charge is -2.08. The third-order valence-electron chi connectivity index (χ3n) is 2.10. The summed E-state index contributed by atoms with van der Waals surface area (Å²) < 4.78 is 14.6. The normalized spacial score (nSPS) is 12.2. The fraction of sp³-hybridized carbons (Fsp3) is 0.636. The summed E-state index contributed by atoms with van der Waals surface area (Å²) in [6, 6.07) is 0.225. The zero-order chi connectivity index (χ0) is 13.4. The molecule has 2 N–H and O–H groups in total. The van der Waals surface area contributed by atoms with Crippen LogP contribution in [0.1, 0.15) is 23.8 Å². The van der Waals surface area contributed by atoms with Crippen molar-refractivity contribution in [2.45, 2.75) is 19.4 Å². The average Bonchev–Trinajstić information content (AvgIpc) is 2.78. The number of rotatable bonds is 8. The monoisotopic (exact) mass is 258 g/mol. The van der Waals surface area contributed by atoms with Crippen LogP contribution in [0, 0.1) is 0 Å². The molecular formula is C11H18N2O5. The molecule has 0 aliphatic heterocycles. The minimum atomic E-state index is -0.540. The predicted molar refractivity (Wildman–Crippen MR) is 63.4 cm³/mol. The SMILES string of the molecule is CCOC(=O)c1coc(NCCC(O)COC)n1. The van der Waals surface area contributed by atoms with Crippen molar-refractivity contribution >= 4 is 12.0 Å². The standard InChI is InChI=1S/C11H18N2O5/c1-3-17-10(15)9-7-18-11(13-9)12-5-4-8(14)6-16-2/h7-8,14H,3-6H2,1-2H3,(H,12,13). The number of hydrogen-bond acceptors (Lipinski definition) is 7. The van der Waals surface area contributed by atoms with E-state index in [1.54, 1.807) is 6.92 Å². The van der Waals surface area contributed by atoms with Crippen LogP contribution in [-0.4, -0.2) is 49.0 Å². The maximum Gasteiger partial charge on any atom is 0.360 e. The van der Waals surface area contributed by atoms with Gasteiger partial charge in [-0.25, -0.2) is 4.79 Å². The van der Waals surface area contributed by atoms with Gasteiger partial charge in [0.05, 0.1) is 19.3 Å². The van der Waals surface area contributed by atoms with Crippen molar-refractivity contribution in [3.8, 4) is 0 Å². The zero-order valence-electron chi connectivity index (χ0n) is 10.5. The van der Waals surface area contributed by atoms with Gasteiger partial charge < -0.3 is 24.3 Å². The summed E-state index contributed by atoms with van der Waals surface area (Å²) >= 11 is 0. The first kappa shape index (κ1) is 14.5. The second-order valence-corrected chi connectivity index (χ2v) is 3.58. The van der Waals surface area contributed by atoms with E-state index in [0.717, 1.165) is 0 Å². The Labute approximate surface area is 105 Å². The van der Waals surface area contributed by atoms with Crippen molar-refractivity contribution in [3.05, 3.63) is 12.0 Å². The number of aromatic nitrogens is 1. The van der Waals surface area contributed by atoms with Crippen molar-refractivity contribution in [1.82, 2.24) is 4.98 Å². The first-order chi connectivity index (χ1) is 8.67. The molecule has 0 aromatic carbocycles. The molecule has 18 heavy (non-hydrogen) atoms. The predicted octanol–water partition coefficient (Wildman–Crippen LogP) is 0.661. The molecule has 1 unspecified atom stereocenters. The molecule has 0 fully saturated rings. The lowest BCUT2D eigenvalue weighted by Crippen LogP contribution is -2.18. The van der Waals surface area contributed by atoms with Crippen LogP contribution in [0.2, 0.25) is 0 Å². The smallest absolute Gasteiger partial charge is 0.360 e. The Morgan fingerprint density at radius 3 is 3.11 bits per heavy atom. The Bertz CT molecular complexity index is 366.